The van der Waals surface area contributed by atoms with Crippen LogP contribution in [0.3, 0.4) is 0 Å². The summed E-state index contributed by atoms with van der Waals surface area (Å²) in [5.41, 5.74) is -0.397. The van der Waals surface area contributed by atoms with Crippen molar-refractivity contribution in [3.63, 3.8) is 0 Å². The number of aliphatic hydroxyl groups is 1. The molecular formula is C23H32N2O9. The third kappa shape index (κ3) is 5.23. The predicted octanol–water partition coefficient (Wildman–Crippen LogP) is 1.45. The summed E-state index contributed by atoms with van der Waals surface area (Å²) in [6, 6.07) is 6.42. The Morgan fingerprint density at radius 3 is 2.00 bits per heavy atom. The number of piperidine rings is 1. The van der Waals surface area contributed by atoms with Gasteiger partial charge in [0.2, 0.25) is 0 Å². The SMILES string of the molecule is COCO[C@@H]1[C@@H](CO)CN(C(=O)OC(C)(C)C)[C@@H](N2C(=O)c3ccccc3C2=O)[C@H]1OCOC. The summed E-state index contributed by atoms with van der Waals surface area (Å²) in [5.74, 6) is -1.76. The first-order valence-corrected chi connectivity index (χ1v) is 10.9. The molecule has 4 atom stereocenters. The summed E-state index contributed by atoms with van der Waals surface area (Å²) in [5, 5.41) is 10.1. The highest BCUT2D eigenvalue weighted by molar-refractivity contribution is 6.21. The van der Waals surface area contributed by atoms with E-state index >= 15 is 0 Å². The van der Waals surface area contributed by atoms with Gasteiger partial charge in [-0.3, -0.25) is 14.5 Å². The van der Waals surface area contributed by atoms with Gasteiger partial charge in [-0.2, -0.15) is 0 Å². The van der Waals surface area contributed by atoms with Crippen LogP contribution in [0.15, 0.2) is 24.3 Å². The number of rotatable bonds is 8. The van der Waals surface area contributed by atoms with Crippen molar-refractivity contribution in [3.05, 3.63) is 35.4 Å². The molecule has 3 rings (SSSR count). The van der Waals surface area contributed by atoms with Crippen molar-refractivity contribution in [3.8, 4) is 0 Å². The molecule has 2 aliphatic heterocycles. The quantitative estimate of drug-likeness (QED) is 0.435. The summed E-state index contributed by atoms with van der Waals surface area (Å²) in [6.07, 6.45) is -3.87. The highest BCUT2D eigenvalue weighted by atomic mass is 16.7. The minimum atomic E-state index is -1.22. The monoisotopic (exact) mass is 480 g/mol. The van der Waals surface area contributed by atoms with E-state index in [1.165, 1.54) is 19.1 Å². The molecule has 0 bridgehead atoms. The number of aliphatic hydroxyl groups excluding tert-OH is 1. The minimum Gasteiger partial charge on any atom is -0.444 e. The van der Waals surface area contributed by atoms with Crippen molar-refractivity contribution in [2.24, 2.45) is 5.92 Å². The molecule has 34 heavy (non-hydrogen) atoms. The normalized spacial score (nSPS) is 25.0. The Labute approximate surface area is 198 Å². The topological polar surface area (TPSA) is 124 Å². The van der Waals surface area contributed by atoms with Crippen LogP contribution in [-0.4, -0.2) is 97.7 Å². The molecule has 2 heterocycles. The lowest BCUT2D eigenvalue weighted by molar-refractivity contribution is -0.223. The fourth-order valence-corrected chi connectivity index (χ4v) is 4.18. The zero-order valence-corrected chi connectivity index (χ0v) is 20.1. The largest absolute Gasteiger partial charge is 0.444 e. The van der Waals surface area contributed by atoms with E-state index in [-0.39, 0.29) is 37.9 Å². The Kier molecular flexibility index (Phi) is 8.26. The van der Waals surface area contributed by atoms with Gasteiger partial charge in [0.05, 0.1) is 23.8 Å². The molecule has 0 radical (unpaired) electrons. The van der Waals surface area contributed by atoms with Gasteiger partial charge in [0.25, 0.3) is 11.8 Å². The van der Waals surface area contributed by atoms with Gasteiger partial charge in [-0.25, -0.2) is 9.69 Å². The zero-order chi connectivity index (χ0) is 25.0. The van der Waals surface area contributed by atoms with Crippen molar-refractivity contribution in [1.82, 2.24) is 9.80 Å². The Balaban J connectivity index is 2.09. The van der Waals surface area contributed by atoms with Crippen molar-refractivity contribution in [2.45, 2.75) is 44.7 Å². The van der Waals surface area contributed by atoms with Crippen LogP contribution < -0.4 is 0 Å². The molecule has 1 N–H and O–H groups in total. The number of fused-ring (bicyclic) bond motifs is 1. The average molecular weight is 481 g/mol. The highest BCUT2D eigenvalue weighted by Crippen LogP contribution is 2.35. The van der Waals surface area contributed by atoms with Crippen LogP contribution in [-0.2, 0) is 23.7 Å². The molecule has 3 amide bonds. The van der Waals surface area contributed by atoms with Crippen LogP contribution in [0.2, 0.25) is 0 Å². The van der Waals surface area contributed by atoms with Gasteiger partial charge in [-0.15, -0.1) is 0 Å². The lowest BCUT2D eigenvalue weighted by Gasteiger charge is -2.49. The molecule has 0 saturated carbocycles. The van der Waals surface area contributed by atoms with E-state index in [1.54, 1.807) is 45.0 Å². The van der Waals surface area contributed by atoms with E-state index in [0.29, 0.717) is 0 Å². The molecule has 1 aromatic carbocycles. The number of methoxy groups -OCH3 is 2. The molecule has 188 valence electrons. The Hall–Kier alpha value is -2.57. The van der Waals surface area contributed by atoms with E-state index in [0.717, 1.165) is 4.90 Å². The first-order valence-electron chi connectivity index (χ1n) is 10.9. The maximum absolute atomic E-state index is 13.4. The number of ether oxygens (including phenoxy) is 5. The number of carbonyl (C=O) groups is 3. The summed E-state index contributed by atoms with van der Waals surface area (Å²) in [7, 11) is 2.86. The van der Waals surface area contributed by atoms with Gasteiger partial charge >= 0.3 is 6.09 Å². The molecule has 1 aromatic rings. The van der Waals surface area contributed by atoms with E-state index in [9.17, 15) is 19.5 Å². The van der Waals surface area contributed by atoms with Gasteiger partial charge in [0, 0.05) is 26.7 Å². The number of amides is 3. The molecule has 11 heteroatoms. The number of nitrogens with zero attached hydrogens (tertiary/aromatic N) is 2. The number of likely N-dealkylation sites (tertiary alicyclic amines) is 1. The summed E-state index contributed by atoms with van der Waals surface area (Å²) >= 11 is 0. The van der Waals surface area contributed by atoms with Gasteiger partial charge in [-0.05, 0) is 32.9 Å². The highest BCUT2D eigenvalue weighted by Gasteiger charge is 2.55. The first-order chi connectivity index (χ1) is 16.1. The smallest absolute Gasteiger partial charge is 0.412 e. The Bertz CT molecular complexity index is 866. The maximum atomic E-state index is 13.4. The molecule has 0 unspecified atom stereocenters. The van der Waals surface area contributed by atoms with Crippen LogP contribution >= 0.6 is 0 Å². The van der Waals surface area contributed by atoms with Crippen molar-refractivity contribution < 1.29 is 43.2 Å². The summed E-state index contributed by atoms with van der Waals surface area (Å²) in [6.45, 7) is 4.38. The van der Waals surface area contributed by atoms with Crippen LogP contribution in [0.4, 0.5) is 4.79 Å². The number of hydrogen-bond acceptors (Lipinski definition) is 9. The molecule has 2 aliphatic rings. The number of benzene rings is 1. The standard InChI is InChI=1S/C23H32N2O9/c1-23(2,3)34-22(29)24-10-14(11-26)17(32-12-30-4)18(33-13-31-5)19(24)25-20(27)15-8-6-7-9-16(15)21(25)28/h6-9,14,17-19,26H,10-13H2,1-5H3/t14-,17-,18+,19+/m1/s1. The minimum absolute atomic E-state index is 0.0509. The molecule has 1 fully saturated rings. The Morgan fingerprint density at radius 2 is 1.53 bits per heavy atom. The van der Waals surface area contributed by atoms with Crippen molar-refractivity contribution in [1.29, 1.82) is 0 Å². The molecule has 0 aliphatic carbocycles. The third-order valence-electron chi connectivity index (χ3n) is 5.54. The van der Waals surface area contributed by atoms with Crippen LogP contribution in [0.25, 0.3) is 0 Å². The van der Waals surface area contributed by atoms with Crippen LogP contribution in [0.5, 0.6) is 0 Å². The lowest BCUT2D eigenvalue weighted by Crippen LogP contribution is -2.69. The fraction of sp³-hybridized carbons (Fsp3) is 0.609. The number of carbonyl (C=O) groups excluding carboxylic acids is 3. The average Bonchev–Trinajstić information content (AvgIpc) is 3.04. The van der Waals surface area contributed by atoms with Gasteiger partial charge in [0.15, 0.2) is 0 Å². The van der Waals surface area contributed by atoms with Crippen LogP contribution in [0, 0.1) is 5.92 Å². The zero-order valence-electron chi connectivity index (χ0n) is 20.1. The Morgan fingerprint density at radius 1 is 1.00 bits per heavy atom. The first kappa shape index (κ1) is 26.0. The van der Waals surface area contributed by atoms with E-state index in [2.05, 4.69) is 0 Å². The fourth-order valence-electron chi connectivity index (χ4n) is 4.18. The van der Waals surface area contributed by atoms with Gasteiger partial charge < -0.3 is 28.8 Å². The van der Waals surface area contributed by atoms with E-state index in [4.69, 9.17) is 23.7 Å². The third-order valence-corrected chi connectivity index (χ3v) is 5.54. The van der Waals surface area contributed by atoms with E-state index < -0.39 is 47.8 Å². The molecule has 0 aromatic heterocycles. The number of hydrogen-bond donors (Lipinski definition) is 1. The van der Waals surface area contributed by atoms with Crippen LogP contribution in [0.1, 0.15) is 41.5 Å². The molecule has 11 nitrogen and oxygen atoms in total. The molecular weight excluding hydrogens is 448 g/mol. The van der Waals surface area contributed by atoms with Gasteiger partial charge in [-0.1, -0.05) is 12.1 Å². The predicted molar refractivity (Wildman–Crippen MR) is 118 cm³/mol. The van der Waals surface area contributed by atoms with Crippen molar-refractivity contribution >= 4 is 17.9 Å². The van der Waals surface area contributed by atoms with E-state index in [1.807, 2.05) is 0 Å². The maximum Gasteiger partial charge on any atom is 0.412 e. The molecule has 1 saturated heterocycles. The second kappa shape index (κ2) is 10.8. The second-order valence-electron chi connectivity index (χ2n) is 9.09. The van der Waals surface area contributed by atoms with Gasteiger partial charge in [0.1, 0.15) is 31.5 Å². The number of imide groups is 1. The molecule has 0 spiro atoms. The lowest BCUT2D eigenvalue weighted by atomic mass is 9.90. The second-order valence-corrected chi connectivity index (χ2v) is 9.09. The summed E-state index contributed by atoms with van der Waals surface area (Å²) < 4.78 is 27.4. The van der Waals surface area contributed by atoms with Crippen molar-refractivity contribution in [2.75, 3.05) is 41.0 Å². The summed E-state index contributed by atoms with van der Waals surface area (Å²) in [4.78, 5) is 42.3.